The van der Waals surface area contributed by atoms with Gasteiger partial charge in [0.15, 0.2) is 5.96 Å². The van der Waals surface area contributed by atoms with Crippen molar-refractivity contribution in [2.45, 2.75) is 19.8 Å². The zero-order valence-corrected chi connectivity index (χ0v) is 14.8. The van der Waals surface area contributed by atoms with E-state index in [4.69, 9.17) is 4.74 Å². The topological polar surface area (TPSA) is 48.9 Å². The lowest BCUT2D eigenvalue weighted by molar-refractivity contribution is 0.203. The molecule has 6 heteroatoms. The number of nitrogens with zero attached hydrogens (tertiary/aromatic N) is 2. The van der Waals surface area contributed by atoms with Crippen molar-refractivity contribution in [1.29, 1.82) is 0 Å². The molecule has 1 heterocycles. The highest BCUT2D eigenvalue weighted by molar-refractivity contribution is 14.0. The van der Waals surface area contributed by atoms with Gasteiger partial charge in [0.25, 0.3) is 0 Å². The third-order valence-electron chi connectivity index (χ3n) is 3.29. The number of hydrogen-bond acceptors (Lipinski definition) is 3. The zero-order valence-electron chi connectivity index (χ0n) is 12.4. The number of nitrogens with one attached hydrogen (secondary N) is 2. The number of methoxy groups -OCH3 is 1. The molecule has 19 heavy (non-hydrogen) atoms. The van der Waals surface area contributed by atoms with Crippen LogP contribution in [-0.2, 0) is 4.74 Å². The van der Waals surface area contributed by atoms with Crippen molar-refractivity contribution in [2.75, 3.05) is 53.5 Å². The fourth-order valence-corrected chi connectivity index (χ4v) is 2.08. The lowest BCUT2D eigenvalue weighted by atomic mass is 9.97. The van der Waals surface area contributed by atoms with Crippen LogP contribution in [0.2, 0.25) is 0 Å². The molecular weight excluding hydrogens is 355 g/mol. The van der Waals surface area contributed by atoms with Crippen molar-refractivity contribution in [3.63, 3.8) is 0 Å². The minimum Gasteiger partial charge on any atom is -0.383 e. The van der Waals surface area contributed by atoms with Gasteiger partial charge in [-0.25, -0.2) is 0 Å². The van der Waals surface area contributed by atoms with Crippen LogP contribution in [0.4, 0.5) is 0 Å². The molecule has 0 unspecified atom stereocenters. The molecule has 1 aliphatic rings. The van der Waals surface area contributed by atoms with E-state index in [0.717, 1.165) is 31.5 Å². The van der Waals surface area contributed by atoms with Gasteiger partial charge >= 0.3 is 0 Å². The first-order chi connectivity index (χ1) is 8.76. The SMILES string of the molecule is CCNC(=NCC1CCN(C)CC1)NCCOC.I. The molecule has 1 aliphatic heterocycles. The van der Waals surface area contributed by atoms with Gasteiger partial charge in [-0.1, -0.05) is 0 Å². The van der Waals surface area contributed by atoms with E-state index in [1.54, 1.807) is 7.11 Å². The Morgan fingerprint density at radius 3 is 2.58 bits per heavy atom. The number of piperidine rings is 1. The summed E-state index contributed by atoms with van der Waals surface area (Å²) >= 11 is 0. The van der Waals surface area contributed by atoms with Crippen LogP contribution in [0.25, 0.3) is 0 Å². The molecule has 0 bridgehead atoms. The minimum absolute atomic E-state index is 0. The molecule has 0 radical (unpaired) electrons. The summed E-state index contributed by atoms with van der Waals surface area (Å²) in [6, 6.07) is 0. The number of rotatable bonds is 6. The molecule has 1 fully saturated rings. The van der Waals surface area contributed by atoms with Crippen LogP contribution < -0.4 is 10.6 Å². The maximum Gasteiger partial charge on any atom is 0.191 e. The molecule has 1 rings (SSSR count). The summed E-state index contributed by atoms with van der Waals surface area (Å²) in [7, 11) is 3.90. The van der Waals surface area contributed by atoms with Crippen LogP contribution >= 0.6 is 24.0 Å². The second-order valence-corrected chi connectivity index (χ2v) is 4.89. The van der Waals surface area contributed by atoms with E-state index in [0.29, 0.717) is 6.61 Å². The number of likely N-dealkylation sites (tertiary alicyclic amines) is 1. The zero-order chi connectivity index (χ0) is 13.2. The van der Waals surface area contributed by atoms with Gasteiger partial charge in [-0.2, -0.15) is 0 Å². The molecule has 5 nitrogen and oxygen atoms in total. The van der Waals surface area contributed by atoms with Gasteiger partial charge in [-0.05, 0) is 45.8 Å². The first kappa shape index (κ1) is 18.9. The molecule has 0 atom stereocenters. The van der Waals surface area contributed by atoms with E-state index < -0.39 is 0 Å². The van der Waals surface area contributed by atoms with Gasteiger partial charge in [-0.3, -0.25) is 4.99 Å². The lowest BCUT2D eigenvalue weighted by Gasteiger charge is -2.28. The van der Waals surface area contributed by atoms with Gasteiger partial charge in [0, 0.05) is 26.7 Å². The summed E-state index contributed by atoms with van der Waals surface area (Å²) in [4.78, 5) is 7.05. The molecule has 0 aromatic heterocycles. The Hall–Kier alpha value is -0.0800. The van der Waals surface area contributed by atoms with Crippen LogP contribution in [0.15, 0.2) is 4.99 Å². The van der Waals surface area contributed by atoms with Crippen molar-refractivity contribution in [1.82, 2.24) is 15.5 Å². The van der Waals surface area contributed by atoms with Gasteiger partial charge in [0.05, 0.1) is 6.61 Å². The summed E-state index contributed by atoms with van der Waals surface area (Å²) in [6.45, 7) is 7.82. The third-order valence-corrected chi connectivity index (χ3v) is 3.29. The molecular formula is C13H29IN4O. The fourth-order valence-electron chi connectivity index (χ4n) is 2.08. The van der Waals surface area contributed by atoms with Gasteiger partial charge < -0.3 is 20.3 Å². The van der Waals surface area contributed by atoms with Crippen molar-refractivity contribution < 1.29 is 4.74 Å². The van der Waals surface area contributed by atoms with Gasteiger partial charge in [0.1, 0.15) is 0 Å². The largest absolute Gasteiger partial charge is 0.383 e. The number of hydrogen-bond donors (Lipinski definition) is 2. The Kier molecular flexibility index (Phi) is 11.7. The molecule has 0 aliphatic carbocycles. The number of ether oxygens (including phenoxy) is 1. The Bertz CT molecular complexity index is 243. The van der Waals surface area contributed by atoms with E-state index in [-0.39, 0.29) is 24.0 Å². The summed E-state index contributed by atoms with van der Waals surface area (Å²) in [6.07, 6.45) is 2.52. The van der Waals surface area contributed by atoms with E-state index in [1.165, 1.54) is 25.9 Å². The highest BCUT2D eigenvalue weighted by atomic mass is 127. The Morgan fingerprint density at radius 2 is 2.00 bits per heavy atom. The third kappa shape index (κ3) is 8.65. The van der Waals surface area contributed by atoms with Crippen LogP contribution in [0, 0.1) is 5.92 Å². The van der Waals surface area contributed by atoms with Gasteiger partial charge in [0.2, 0.25) is 0 Å². The monoisotopic (exact) mass is 384 g/mol. The Balaban J connectivity index is 0.00000324. The van der Waals surface area contributed by atoms with Crippen molar-refractivity contribution >= 4 is 29.9 Å². The van der Waals surface area contributed by atoms with E-state index in [2.05, 4.69) is 34.5 Å². The van der Waals surface area contributed by atoms with Crippen LogP contribution in [-0.4, -0.2) is 64.3 Å². The smallest absolute Gasteiger partial charge is 0.191 e. The lowest BCUT2D eigenvalue weighted by Crippen LogP contribution is -2.39. The van der Waals surface area contributed by atoms with Crippen molar-refractivity contribution in [2.24, 2.45) is 10.9 Å². The van der Waals surface area contributed by atoms with Crippen LogP contribution in [0.3, 0.4) is 0 Å². The minimum atomic E-state index is 0. The highest BCUT2D eigenvalue weighted by Crippen LogP contribution is 2.15. The van der Waals surface area contributed by atoms with Gasteiger partial charge in [-0.15, -0.1) is 24.0 Å². The number of guanidine groups is 1. The predicted molar refractivity (Wildman–Crippen MR) is 91.5 cm³/mol. The van der Waals surface area contributed by atoms with E-state index in [9.17, 15) is 0 Å². The summed E-state index contributed by atoms with van der Waals surface area (Å²) in [5.41, 5.74) is 0. The summed E-state index contributed by atoms with van der Waals surface area (Å²) in [5, 5.41) is 6.54. The van der Waals surface area contributed by atoms with Crippen LogP contribution in [0.5, 0.6) is 0 Å². The normalized spacial score (nSPS) is 17.9. The molecule has 2 N–H and O–H groups in total. The molecule has 114 valence electrons. The van der Waals surface area contributed by atoms with E-state index in [1.807, 2.05) is 0 Å². The quantitative estimate of drug-likeness (QED) is 0.312. The summed E-state index contributed by atoms with van der Waals surface area (Å²) in [5.74, 6) is 1.65. The maximum atomic E-state index is 5.03. The molecule has 0 aromatic rings. The second kappa shape index (κ2) is 11.7. The van der Waals surface area contributed by atoms with E-state index >= 15 is 0 Å². The average molecular weight is 384 g/mol. The predicted octanol–water partition coefficient (Wildman–Crippen LogP) is 1.15. The molecule has 0 saturated carbocycles. The van der Waals surface area contributed by atoms with Crippen LogP contribution in [0.1, 0.15) is 19.8 Å². The summed E-state index contributed by atoms with van der Waals surface area (Å²) < 4.78 is 5.03. The number of halogens is 1. The Morgan fingerprint density at radius 1 is 1.32 bits per heavy atom. The Labute approximate surface area is 134 Å². The standard InChI is InChI=1S/C13H28N4O.HI/c1-4-14-13(15-7-10-18-3)16-11-12-5-8-17(2)9-6-12;/h12H,4-11H2,1-3H3,(H2,14,15,16);1H. The second-order valence-electron chi connectivity index (χ2n) is 4.89. The first-order valence-corrected chi connectivity index (χ1v) is 6.96. The number of aliphatic imine (C=N–C) groups is 1. The molecule has 0 aromatic carbocycles. The molecule has 0 amide bonds. The highest BCUT2D eigenvalue weighted by Gasteiger charge is 2.16. The van der Waals surface area contributed by atoms with Crippen molar-refractivity contribution in [3.05, 3.63) is 0 Å². The van der Waals surface area contributed by atoms with Crippen molar-refractivity contribution in [3.8, 4) is 0 Å². The molecule has 1 saturated heterocycles. The fraction of sp³-hybridized carbons (Fsp3) is 0.923. The maximum absolute atomic E-state index is 5.03. The average Bonchev–Trinajstić information content (AvgIpc) is 2.38. The molecule has 0 spiro atoms. The first-order valence-electron chi connectivity index (χ1n) is 6.96.